The van der Waals surface area contributed by atoms with Gasteiger partial charge < -0.3 is 9.84 Å². The van der Waals surface area contributed by atoms with Crippen LogP contribution in [0.2, 0.25) is 5.02 Å². The van der Waals surface area contributed by atoms with Crippen molar-refractivity contribution in [3.63, 3.8) is 0 Å². The molecular formula is C11H11ClO4. The van der Waals surface area contributed by atoms with E-state index < -0.39 is 11.9 Å². The molecule has 0 unspecified atom stereocenters. The average molecular weight is 243 g/mol. The second-order valence-corrected chi connectivity index (χ2v) is 3.52. The van der Waals surface area contributed by atoms with Crippen molar-refractivity contribution >= 4 is 23.5 Å². The van der Waals surface area contributed by atoms with Gasteiger partial charge in [-0.25, -0.2) is 4.79 Å². The summed E-state index contributed by atoms with van der Waals surface area (Å²) in [6.07, 6.45) is 0.279. The minimum absolute atomic E-state index is 0.0181. The van der Waals surface area contributed by atoms with Crippen LogP contribution in [-0.2, 0) is 9.53 Å². The Balaban J connectivity index is 2.41. The lowest BCUT2D eigenvalue weighted by molar-refractivity contribution is -0.137. The SMILES string of the molecule is O=C(O)CCCOC(=O)c1ccccc1Cl. The van der Waals surface area contributed by atoms with Gasteiger partial charge in [-0.05, 0) is 18.6 Å². The molecule has 16 heavy (non-hydrogen) atoms. The summed E-state index contributed by atoms with van der Waals surface area (Å²) in [5, 5.41) is 8.70. The van der Waals surface area contributed by atoms with E-state index in [0.717, 1.165) is 0 Å². The Morgan fingerprint density at radius 2 is 2.00 bits per heavy atom. The lowest BCUT2D eigenvalue weighted by atomic mass is 10.2. The molecule has 0 bridgehead atoms. The summed E-state index contributed by atoms with van der Waals surface area (Å²) in [5.41, 5.74) is 0.291. The molecule has 0 saturated heterocycles. The van der Waals surface area contributed by atoms with Crippen LogP contribution in [0, 0.1) is 0 Å². The number of hydrogen-bond donors (Lipinski definition) is 1. The molecule has 0 amide bonds. The Kier molecular flexibility index (Phi) is 4.79. The fraction of sp³-hybridized carbons (Fsp3) is 0.273. The Labute approximate surface area is 97.8 Å². The molecule has 1 N–H and O–H groups in total. The van der Waals surface area contributed by atoms with Gasteiger partial charge in [0.15, 0.2) is 0 Å². The second-order valence-electron chi connectivity index (χ2n) is 3.11. The summed E-state index contributed by atoms with van der Waals surface area (Å²) in [5.74, 6) is -1.44. The highest BCUT2D eigenvalue weighted by atomic mass is 35.5. The van der Waals surface area contributed by atoms with E-state index in [0.29, 0.717) is 17.0 Å². The van der Waals surface area contributed by atoms with E-state index in [-0.39, 0.29) is 13.0 Å². The van der Waals surface area contributed by atoms with Crippen molar-refractivity contribution in [2.24, 2.45) is 0 Å². The number of rotatable bonds is 5. The number of carboxylic acids is 1. The van der Waals surface area contributed by atoms with Gasteiger partial charge >= 0.3 is 11.9 Å². The van der Waals surface area contributed by atoms with E-state index in [1.165, 1.54) is 0 Å². The molecule has 0 spiro atoms. The quantitative estimate of drug-likeness (QED) is 0.636. The fourth-order valence-corrected chi connectivity index (χ4v) is 1.31. The Morgan fingerprint density at radius 1 is 1.31 bits per heavy atom. The third-order valence-electron chi connectivity index (χ3n) is 1.86. The van der Waals surface area contributed by atoms with Gasteiger partial charge in [0.1, 0.15) is 0 Å². The molecule has 0 saturated carbocycles. The van der Waals surface area contributed by atoms with Crippen molar-refractivity contribution in [3.05, 3.63) is 34.9 Å². The molecule has 0 heterocycles. The van der Waals surface area contributed by atoms with Gasteiger partial charge in [0.2, 0.25) is 0 Å². The summed E-state index contributed by atoms with van der Waals surface area (Å²) in [6.45, 7) is 0.0797. The van der Waals surface area contributed by atoms with Crippen molar-refractivity contribution in [2.75, 3.05) is 6.61 Å². The number of carbonyl (C=O) groups is 2. The Bertz CT molecular complexity index is 389. The Morgan fingerprint density at radius 3 is 2.62 bits per heavy atom. The number of carboxylic acid groups (broad SMARTS) is 1. The first kappa shape index (κ1) is 12.5. The largest absolute Gasteiger partial charge is 0.481 e. The van der Waals surface area contributed by atoms with E-state index in [4.69, 9.17) is 21.4 Å². The third kappa shape index (κ3) is 3.90. The van der Waals surface area contributed by atoms with Gasteiger partial charge in [0.05, 0.1) is 17.2 Å². The van der Waals surface area contributed by atoms with Crippen LogP contribution in [0.4, 0.5) is 0 Å². The fourth-order valence-electron chi connectivity index (χ4n) is 1.09. The molecular weight excluding hydrogens is 232 g/mol. The first-order valence-corrected chi connectivity index (χ1v) is 5.12. The highest BCUT2D eigenvalue weighted by Gasteiger charge is 2.10. The highest BCUT2D eigenvalue weighted by Crippen LogP contribution is 2.15. The van der Waals surface area contributed by atoms with Gasteiger partial charge in [-0.15, -0.1) is 0 Å². The number of benzene rings is 1. The van der Waals surface area contributed by atoms with Gasteiger partial charge in [-0.1, -0.05) is 23.7 Å². The molecule has 4 nitrogen and oxygen atoms in total. The summed E-state index contributed by atoms with van der Waals surface area (Å²) in [4.78, 5) is 21.7. The molecule has 0 aliphatic carbocycles. The van der Waals surface area contributed by atoms with E-state index in [2.05, 4.69) is 0 Å². The molecule has 1 aromatic rings. The van der Waals surface area contributed by atoms with Crippen molar-refractivity contribution in [1.29, 1.82) is 0 Å². The minimum atomic E-state index is -0.909. The lowest BCUT2D eigenvalue weighted by Gasteiger charge is -2.04. The number of halogens is 1. The zero-order chi connectivity index (χ0) is 12.0. The van der Waals surface area contributed by atoms with E-state index in [1.807, 2.05) is 0 Å². The number of aliphatic carboxylic acids is 1. The van der Waals surface area contributed by atoms with Gasteiger partial charge in [-0.3, -0.25) is 4.79 Å². The van der Waals surface area contributed by atoms with E-state index in [9.17, 15) is 9.59 Å². The zero-order valence-corrected chi connectivity index (χ0v) is 9.24. The molecule has 0 atom stereocenters. The Hall–Kier alpha value is -1.55. The normalized spacial score (nSPS) is 9.81. The third-order valence-corrected chi connectivity index (χ3v) is 2.19. The van der Waals surface area contributed by atoms with Crippen LogP contribution in [0.3, 0.4) is 0 Å². The van der Waals surface area contributed by atoms with Crippen LogP contribution in [0.15, 0.2) is 24.3 Å². The zero-order valence-electron chi connectivity index (χ0n) is 8.48. The predicted octanol–water partition coefficient (Wildman–Crippen LogP) is 2.36. The van der Waals surface area contributed by atoms with Crippen LogP contribution >= 0.6 is 11.6 Å². The van der Waals surface area contributed by atoms with Crippen molar-refractivity contribution < 1.29 is 19.4 Å². The molecule has 0 aromatic heterocycles. The van der Waals surface area contributed by atoms with Gasteiger partial charge in [0.25, 0.3) is 0 Å². The summed E-state index contributed by atoms with van der Waals surface area (Å²) < 4.78 is 4.87. The smallest absolute Gasteiger partial charge is 0.339 e. The summed E-state index contributed by atoms with van der Waals surface area (Å²) >= 11 is 5.79. The van der Waals surface area contributed by atoms with Crippen LogP contribution in [0.1, 0.15) is 23.2 Å². The van der Waals surface area contributed by atoms with Crippen molar-refractivity contribution in [3.8, 4) is 0 Å². The van der Waals surface area contributed by atoms with Gasteiger partial charge in [-0.2, -0.15) is 0 Å². The minimum Gasteiger partial charge on any atom is -0.481 e. The number of carbonyl (C=O) groups excluding carboxylic acids is 1. The molecule has 0 aliphatic rings. The van der Waals surface area contributed by atoms with Gasteiger partial charge in [0, 0.05) is 6.42 Å². The van der Waals surface area contributed by atoms with E-state index >= 15 is 0 Å². The first-order chi connectivity index (χ1) is 7.61. The standard InChI is InChI=1S/C11H11ClO4/c12-9-5-2-1-4-8(9)11(15)16-7-3-6-10(13)14/h1-2,4-5H,3,6-7H2,(H,13,14). The molecule has 1 aromatic carbocycles. The van der Waals surface area contributed by atoms with Crippen LogP contribution < -0.4 is 0 Å². The van der Waals surface area contributed by atoms with Crippen molar-refractivity contribution in [2.45, 2.75) is 12.8 Å². The molecule has 0 aliphatic heterocycles. The van der Waals surface area contributed by atoms with Crippen LogP contribution in [0.25, 0.3) is 0 Å². The maximum absolute atomic E-state index is 11.5. The number of ether oxygens (including phenoxy) is 1. The van der Waals surface area contributed by atoms with Crippen molar-refractivity contribution in [1.82, 2.24) is 0 Å². The summed E-state index contributed by atoms with van der Waals surface area (Å²) in [6, 6.07) is 6.54. The molecule has 86 valence electrons. The second kappa shape index (κ2) is 6.12. The molecule has 0 fully saturated rings. The predicted molar refractivity (Wildman–Crippen MR) is 58.6 cm³/mol. The summed E-state index contributed by atoms with van der Waals surface area (Å²) in [7, 11) is 0. The topological polar surface area (TPSA) is 63.6 Å². The highest BCUT2D eigenvalue weighted by molar-refractivity contribution is 6.33. The lowest BCUT2D eigenvalue weighted by Crippen LogP contribution is -2.08. The molecule has 5 heteroatoms. The average Bonchev–Trinajstić information content (AvgIpc) is 2.24. The maximum Gasteiger partial charge on any atom is 0.339 e. The number of hydrogen-bond acceptors (Lipinski definition) is 3. The van der Waals surface area contributed by atoms with Crippen LogP contribution in [-0.4, -0.2) is 23.7 Å². The molecule has 1 rings (SSSR count). The molecule has 0 radical (unpaired) electrons. The first-order valence-electron chi connectivity index (χ1n) is 4.74. The number of esters is 1. The van der Waals surface area contributed by atoms with E-state index in [1.54, 1.807) is 24.3 Å². The monoisotopic (exact) mass is 242 g/mol. The van der Waals surface area contributed by atoms with Crippen LogP contribution in [0.5, 0.6) is 0 Å². The maximum atomic E-state index is 11.5.